The predicted molar refractivity (Wildman–Crippen MR) is 79.4 cm³/mol. The van der Waals surface area contributed by atoms with Crippen LogP contribution < -0.4 is 10.5 Å². The lowest BCUT2D eigenvalue weighted by atomic mass is 10.0. The van der Waals surface area contributed by atoms with E-state index in [1.807, 2.05) is 31.2 Å². The van der Waals surface area contributed by atoms with E-state index < -0.39 is 0 Å². The van der Waals surface area contributed by atoms with Crippen molar-refractivity contribution < 1.29 is 9.13 Å². The van der Waals surface area contributed by atoms with Crippen molar-refractivity contribution in [3.63, 3.8) is 0 Å². The number of ether oxygens (including phenoxy) is 1. The van der Waals surface area contributed by atoms with Crippen LogP contribution in [0.25, 0.3) is 0 Å². The molecule has 0 saturated heterocycles. The Morgan fingerprint density at radius 3 is 2.75 bits per heavy atom. The third-order valence-electron chi connectivity index (χ3n) is 3.15. The molecule has 2 N–H and O–H groups in total. The molecule has 2 rings (SSSR count). The number of para-hydroxylation sites is 1. The van der Waals surface area contributed by atoms with Crippen molar-refractivity contribution in [3.8, 4) is 5.75 Å². The minimum absolute atomic E-state index is 0.0748. The maximum absolute atomic E-state index is 13.2. The zero-order chi connectivity index (χ0) is 14.5. The number of rotatable bonds is 5. The van der Waals surface area contributed by atoms with Gasteiger partial charge in [0.1, 0.15) is 18.2 Å². The van der Waals surface area contributed by atoms with E-state index in [1.165, 1.54) is 18.2 Å². The van der Waals surface area contributed by atoms with Gasteiger partial charge in [-0.15, -0.1) is 0 Å². The Morgan fingerprint density at radius 1 is 1.25 bits per heavy atom. The van der Waals surface area contributed by atoms with E-state index in [2.05, 4.69) is 0 Å². The van der Waals surface area contributed by atoms with Gasteiger partial charge in [-0.1, -0.05) is 36.7 Å². The van der Waals surface area contributed by atoms with Crippen LogP contribution >= 0.6 is 11.6 Å². The van der Waals surface area contributed by atoms with Crippen LogP contribution in [0.1, 0.15) is 30.5 Å². The molecule has 2 nitrogen and oxygen atoms in total. The average Bonchev–Trinajstić information content (AvgIpc) is 2.47. The lowest BCUT2D eigenvalue weighted by Crippen LogP contribution is -2.10. The normalized spacial score (nSPS) is 12.2. The van der Waals surface area contributed by atoms with E-state index in [9.17, 15) is 4.39 Å². The zero-order valence-electron chi connectivity index (χ0n) is 11.3. The summed E-state index contributed by atoms with van der Waals surface area (Å²) in [6.45, 7) is 2.23. The second kappa shape index (κ2) is 6.73. The van der Waals surface area contributed by atoms with E-state index in [4.69, 9.17) is 22.1 Å². The molecule has 0 unspecified atom stereocenters. The summed E-state index contributed by atoms with van der Waals surface area (Å²) in [5.74, 6) is 0.383. The van der Waals surface area contributed by atoms with Gasteiger partial charge in [0.05, 0.1) is 0 Å². The van der Waals surface area contributed by atoms with Crippen LogP contribution in [-0.2, 0) is 6.61 Å². The Morgan fingerprint density at radius 2 is 2.00 bits per heavy atom. The van der Waals surface area contributed by atoms with Gasteiger partial charge in [-0.05, 0) is 30.7 Å². The molecule has 0 aliphatic rings. The van der Waals surface area contributed by atoms with Crippen LogP contribution in [0, 0.1) is 5.82 Å². The summed E-state index contributed by atoms with van der Waals surface area (Å²) in [6.07, 6.45) is 0.821. The second-order valence-electron chi connectivity index (χ2n) is 4.58. The van der Waals surface area contributed by atoms with Gasteiger partial charge in [-0.3, -0.25) is 0 Å². The molecule has 1 atom stereocenters. The largest absolute Gasteiger partial charge is 0.489 e. The molecule has 2 aromatic carbocycles. The lowest BCUT2D eigenvalue weighted by molar-refractivity contribution is 0.300. The van der Waals surface area contributed by atoms with Crippen molar-refractivity contribution in [1.29, 1.82) is 0 Å². The molecule has 0 spiro atoms. The van der Waals surface area contributed by atoms with Crippen LogP contribution in [0.15, 0.2) is 42.5 Å². The highest BCUT2D eigenvalue weighted by Gasteiger charge is 2.11. The van der Waals surface area contributed by atoms with Crippen LogP contribution in [0.5, 0.6) is 5.75 Å². The second-order valence-corrected chi connectivity index (χ2v) is 4.98. The van der Waals surface area contributed by atoms with Gasteiger partial charge < -0.3 is 10.5 Å². The van der Waals surface area contributed by atoms with Crippen molar-refractivity contribution in [2.75, 3.05) is 0 Å². The molecule has 0 amide bonds. The molecule has 0 aliphatic heterocycles. The first-order valence-corrected chi connectivity index (χ1v) is 6.91. The van der Waals surface area contributed by atoms with Crippen molar-refractivity contribution in [2.45, 2.75) is 26.0 Å². The number of benzene rings is 2. The molecular formula is C16H17ClFNO. The molecule has 0 saturated carbocycles. The highest BCUT2D eigenvalue weighted by atomic mass is 35.5. The zero-order valence-corrected chi connectivity index (χ0v) is 12.0. The molecule has 0 aliphatic carbocycles. The Bertz CT molecular complexity index is 588. The standard InChI is InChI=1S/C16H17ClFNO/c1-2-15(19)13-5-3-4-6-16(13)20-10-11-9-12(18)7-8-14(11)17/h3-9,15H,2,10,19H2,1H3/t15-/m0/s1. The monoisotopic (exact) mass is 293 g/mol. The third kappa shape index (κ3) is 3.50. The molecule has 0 aromatic heterocycles. The van der Waals surface area contributed by atoms with Gasteiger partial charge in [0.15, 0.2) is 0 Å². The highest BCUT2D eigenvalue weighted by Crippen LogP contribution is 2.27. The molecule has 0 radical (unpaired) electrons. The van der Waals surface area contributed by atoms with Crippen molar-refractivity contribution in [3.05, 3.63) is 64.4 Å². The van der Waals surface area contributed by atoms with Gasteiger partial charge >= 0.3 is 0 Å². The number of hydrogen-bond donors (Lipinski definition) is 1. The third-order valence-corrected chi connectivity index (χ3v) is 3.52. The van der Waals surface area contributed by atoms with Crippen molar-refractivity contribution in [1.82, 2.24) is 0 Å². The van der Waals surface area contributed by atoms with Crippen LogP contribution in [-0.4, -0.2) is 0 Å². The molecule has 2 aromatic rings. The van der Waals surface area contributed by atoms with Crippen LogP contribution in [0.3, 0.4) is 0 Å². The van der Waals surface area contributed by atoms with E-state index in [0.717, 1.165) is 12.0 Å². The van der Waals surface area contributed by atoms with Gasteiger partial charge in [0, 0.05) is 22.2 Å². The number of nitrogens with two attached hydrogens (primary N) is 1. The summed E-state index contributed by atoms with van der Waals surface area (Å²) in [6, 6.07) is 11.8. The summed E-state index contributed by atoms with van der Waals surface area (Å²) in [7, 11) is 0. The fraction of sp³-hybridized carbons (Fsp3) is 0.250. The van der Waals surface area contributed by atoms with Crippen molar-refractivity contribution >= 4 is 11.6 Å². The Balaban J connectivity index is 2.17. The first-order chi connectivity index (χ1) is 9.61. The maximum Gasteiger partial charge on any atom is 0.124 e. The van der Waals surface area contributed by atoms with E-state index in [-0.39, 0.29) is 18.5 Å². The van der Waals surface area contributed by atoms with Crippen LogP contribution in [0.2, 0.25) is 5.02 Å². The number of hydrogen-bond acceptors (Lipinski definition) is 2. The van der Waals surface area contributed by atoms with E-state index in [0.29, 0.717) is 16.3 Å². The Hall–Kier alpha value is -1.58. The maximum atomic E-state index is 13.2. The summed E-state index contributed by atoms with van der Waals surface area (Å²) in [4.78, 5) is 0. The van der Waals surface area contributed by atoms with Gasteiger partial charge in [-0.2, -0.15) is 0 Å². The fourth-order valence-corrected chi connectivity index (χ4v) is 2.12. The summed E-state index contributed by atoms with van der Waals surface area (Å²) >= 11 is 6.02. The fourth-order valence-electron chi connectivity index (χ4n) is 1.95. The Labute approximate surface area is 123 Å². The SMILES string of the molecule is CC[C@H](N)c1ccccc1OCc1cc(F)ccc1Cl. The van der Waals surface area contributed by atoms with Gasteiger partial charge in [0.2, 0.25) is 0 Å². The van der Waals surface area contributed by atoms with E-state index in [1.54, 1.807) is 0 Å². The summed E-state index contributed by atoms with van der Waals surface area (Å²) in [5, 5.41) is 0.490. The summed E-state index contributed by atoms with van der Waals surface area (Å²) < 4.78 is 19.0. The van der Waals surface area contributed by atoms with Crippen molar-refractivity contribution in [2.24, 2.45) is 5.73 Å². The first-order valence-electron chi connectivity index (χ1n) is 6.53. The average molecular weight is 294 g/mol. The smallest absolute Gasteiger partial charge is 0.124 e. The number of halogens is 2. The summed E-state index contributed by atoms with van der Waals surface area (Å²) in [5.41, 5.74) is 7.62. The van der Waals surface area contributed by atoms with Crippen LogP contribution in [0.4, 0.5) is 4.39 Å². The van der Waals surface area contributed by atoms with Gasteiger partial charge in [-0.25, -0.2) is 4.39 Å². The van der Waals surface area contributed by atoms with E-state index >= 15 is 0 Å². The topological polar surface area (TPSA) is 35.2 Å². The highest BCUT2D eigenvalue weighted by molar-refractivity contribution is 6.31. The molecule has 0 bridgehead atoms. The van der Waals surface area contributed by atoms with Gasteiger partial charge in [0.25, 0.3) is 0 Å². The molecule has 106 valence electrons. The molecule has 20 heavy (non-hydrogen) atoms. The predicted octanol–water partition coefficient (Wildman–Crippen LogP) is 4.47. The minimum Gasteiger partial charge on any atom is -0.489 e. The molecular weight excluding hydrogens is 277 g/mol. The lowest BCUT2D eigenvalue weighted by Gasteiger charge is -2.16. The Kier molecular flexibility index (Phi) is 4.99. The quantitative estimate of drug-likeness (QED) is 0.883. The molecule has 0 heterocycles. The molecule has 4 heteroatoms. The minimum atomic E-state index is -0.327. The molecule has 0 fully saturated rings. The first kappa shape index (κ1) is 14.8.